The summed E-state index contributed by atoms with van der Waals surface area (Å²) in [7, 11) is 1.92. The molecule has 0 radical (unpaired) electrons. The molecular weight excluding hydrogens is 332 g/mol. The van der Waals surface area contributed by atoms with Crippen molar-refractivity contribution in [2.75, 3.05) is 19.7 Å². The molecule has 0 saturated carbocycles. The van der Waals surface area contributed by atoms with Gasteiger partial charge in [0.1, 0.15) is 17.5 Å². The van der Waals surface area contributed by atoms with Crippen LogP contribution in [0.4, 0.5) is 0 Å². The Kier molecular flexibility index (Phi) is 4.40. The first kappa shape index (κ1) is 17.0. The molecule has 1 unspecified atom stereocenters. The highest BCUT2D eigenvalue weighted by atomic mass is 16.5. The Balaban J connectivity index is 1.58. The van der Waals surface area contributed by atoms with Crippen LogP contribution in [0.15, 0.2) is 17.1 Å². The number of H-pyrrole nitrogens is 1. The maximum Gasteiger partial charge on any atom is 0.261 e. The highest BCUT2D eigenvalue weighted by Crippen LogP contribution is 2.23. The van der Waals surface area contributed by atoms with E-state index in [1.807, 2.05) is 24.7 Å². The molecule has 1 N–H and O–H groups in total. The molecule has 26 heavy (non-hydrogen) atoms. The summed E-state index contributed by atoms with van der Waals surface area (Å²) in [5.74, 6) is 0.582. The zero-order valence-electron chi connectivity index (χ0n) is 15.2. The number of aryl methyl sites for hydroxylation is 4. The molecule has 2 aromatic rings. The molecular formula is C19H24N4O3. The number of pyridine rings is 1. The van der Waals surface area contributed by atoms with Crippen LogP contribution in [-0.2, 0) is 24.6 Å². The number of aromatic nitrogens is 3. The minimum absolute atomic E-state index is 0.223. The maximum atomic E-state index is 13.0. The number of nitrogens with one attached hydrogen (secondary N) is 1. The third kappa shape index (κ3) is 3.07. The number of amides is 1. The van der Waals surface area contributed by atoms with E-state index in [2.05, 4.69) is 9.97 Å². The number of carbonyl (C=O) groups excluding carboxylic acids is 1. The first-order valence-corrected chi connectivity index (χ1v) is 9.18. The van der Waals surface area contributed by atoms with E-state index in [4.69, 9.17) is 4.74 Å². The molecule has 1 atom stereocenters. The molecule has 1 fully saturated rings. The van der Waals surface area contributed by atoms with Crippen molar-refractivity contribution in [2.45, 2.75) is 38.7 Å². The van der Waals surface area contributed by atoms with Gasteiger partial charge in [0.2, 0.25) is 0 Å². The van der Waals surface area contributed by atoms with Gasteiger partial charge in [-0.3, -0.25) is 9.59 Å². The van der Waals surface area contributed by atoms with Crippen LogP contribution in [0, 0.1) is 6.92 Å². The van der Waals surface area contributed by atoms with Gasteiger partial charge in [-0.1, -0.05) is 0 Å². The fourth-order valence-corrected chi connectivity index (χ4v) is 3.93. The fourth-order valence-electron chi connectivity index (χ4n) is 3.93. The van der Waals surface area contributed by atoms with Crippen LogP contribution in [-0.4, -0.2) is 45.0 Å². The molecule has 0 aromatic carbocycles. The molecule has 1 aliphatic heterocycles. The molecule has 2 aliphatic rings. The maximum absolute atomic E-state index is 13.0. The van der Waals surface area contributed by atoms with E-state index in [1.54, 1.807) is 11.0 Å². The van der Waals surface area contributed by atoms with Gasteiger partial charge < -0.3 is 19.2 Å². The predicted molar refractivity (Wildman–Crippen MR) is 96.2 cm³/mol. The van der Waals surface area contributed by atoms with Crippen LogP contribution in [0.1, 0.15) is 52.1 Å². The SMILES string of the molecule is Cc1cn(C)c(C2CN(C(=O)c3cc4c([nH]c3=O)CCCC4)CCO2)n1. The lowest BCUT2D eigenvalue weighted by Crippen LogP contribution is -2.44. The van der Waals surface area contributed by atoms with Crippen LogP contribution in [0.2, 0.25) is 0 Å². The van der Waals surface area contributed by atoms with E-state index < -0.39 is 0 Å². The van der Waals surface area contributed by atoms with Crippen LogP contribution in [0.5, 0.6) is 0 Å². The molecule has 3 heterocycles. The number of nitrogens with zero attached hydrogens (tertiary/aromatic N) is 3. The molecule has 1 saturated heterocycles. The summed E-state index contributed by atoms with van der Waals surface area (Å²) in [5, 5.41) is 0. The van der Waals surface area contributed by atoms with Crippen molar-refractivity contribution in [1.29, 1.82) is 0 Å². The van der Waals surface area contributed by atoms with Gasteiger partial charge >= 0.3 is 0 Å². The summed E-state index contributed by atoms with van der Waals surface area (Å²) in [6.45, 7) is 3.25. The van der Waals surface area contributed by atoms with Crippen molar-refractivity contribution in [3.05, 3.63) is 51.0 Å². The van der Waals surface area contributed by atoms with Gasteiger partial charge in [-0.25, -0.2) is 4.98 Å². The molecule has 138 valence electrons. The number of ether oxygens (including phenoxy) is 1. The predicted octanol–water partition coefficient (Wildman–Crippen LogP) is 1.51. The Hall–Kier alpha value is -2.41. The first-order chi connectivity index (χ1) is 12.5. The monoisotopic (exact) mass is 356 g/mol. The summed E-state index contributed by atoms with van der Waals surface area (Å²) >= 11 is 0. The second-order valence-electron chi connectivity index (χ2n) is 7.19. The van der Waals surface area contributed by atoms with Crippen molar-refractivity contribution < 1.29 is 9.53 Å². The van der Waals surface area contributed by atoms with Crippen molar-refractivity contribution in [3.63, 3.8) is 0 Å². The van der Waals surface area contributed by atoms with E-state index in [-0.39, 0.29) is 23.1 Å². The highest BCUT2D eigenvalue weighted by Gasteiger charge is 2.30. The standard InChI is InChI=1S/C19H24N4O3/c1-12-10-22(2)17(20-12)16-11-23(7-8-26-16)19(25)14-9-13-5-3-4-6-15(13)21-18(14)24/h9-10,16H,3-8,11H2,1-2H3,(H,21,24). The van der Waals surface area contributed by atoms with Crippen LogP contribution < -0.4 is 5.56 Å². The van der Waals surface area contributed by atoms with Gasteiger partial charge in [-0.05, 0) is 44.2 Å². The molecule has 1 amide bonds. The minimum atomic E-state index is -0.286. The smallest absolute Gasteiger partial charge is 0.261 e. The van der Waals surface area contributed by atoms with Crippen molar-refractivity contribution >= 4 is 5.91 Å². The lowest BCUT2D eigenvalue weighted by molar-refractivity contribution is -0.0280. The Morgan fingerprint density at radius 1 is 1.35 bits per heavy atom. The van der Waals surface area contributed by atoms with E-state index in [0.717, 1.165) is 48.5 Å². The number of imidazole rings is 1. The largest absolute Gasteiger partial charge is 0.367 e. The second kappa shape index (κ2) is 6.72. The van der Waals surface area contributed by atoms with Gasteiger partial charge in [-0.15, -0.1) is 0 Å². The number of fused-ring (bicyclic) bond motifs is 1. The van der Waals surface area contributed by atoms with E-state index in [1.165, 1.54) is 0 Å². The van der Waals surface area contributed by atoms with E-state index >= 15 is 0 Å². The quantitative estimate of drug-likeness (QED) is 0.884. The van der Waals surface area contributed by atoms with Gasteiger partial charge in [0.15, 0.2) is 0 Å². The van der Waals surface area contributed by atoms with Crippen molar-refractivity contribution in [1.82, 2.24) is 19.4 Å². The highest BCUT2D eigenvalue weighted by molar-refractivity contribution is 5.94. The summed E-state index contributed by atoms with van der Waals surface area (Å²) in [6, 6.07) is 1.80. The summed E-state index contributed by atoms with van der Waals surface area (Å²) in [4.78, 5) is 34.6. The Morgan fingerprint density at radius 3 is 2.92 bits per heavy atom. The topological polar surface area (TPSA) is 80.2 Å². The number of carbonyl (C=O) groups is 1. The first-order valence-electron chi connectivity index (χ1n) is 9.18. The zero-order chi connectivity index (χ0) is 18.3. The molecule has 0 spiro atoms. The van der Waals surface area contributed by atoms with E-state index in [0.29, 0.717) is 19.7 Å². The number of hydrogen-bond donors (Lipinski definition) is 1. The average molecular weight is 356 g/mol. The number of hydrogen-bond acceptors (Lipinski definition) is 4. The van der Waals surface area contributed by atoms with Crippen LogP contribution in [0.3, 0.4) is 0 Å². The zero-order valence-corrected chi connectivity index (χ0v) is 15.2. The average Bonchev–Trinajstić information content (AvgIpc) is 2.99. The fraction of sp³-hybridized carbons (Fsp3) is 0.526. The second-order valence-corrected chi connectivity index (χ2v) is 7.19. The number of morpholine rings is 1. The van der Waals surface area contributed by atoms with Crippen LogP contribution >= 0.6 is 0 Å². The van der Waals surface area contributed by atoms with Crippen molar-refractivity contribution in [3.8, 4) is 0 Å². The molecule has 4 rings (SSSR count). The summed E-state index contributed by atoms with van der Waals surface area (Å²) < 4.78 is 7.76. The molecule has 7 heteroatoms. The minimum Gasteiger partial charge on any atom is -0.367 e. The summed E-state index contributed by atoms with van der Waals surface area (Å²) in [6.07, 6.45) is 5.66. The number of aromatic amines is 1. The van der Waals surface area contributed by atoms with Crippen molar-refractivity contribution in [2.24, 2.45) is 7.05 Å². The molecule has 7 nitrogen and oxygen atoms in total. The van der Waals surface area contributed by atoms with E-state index in [9.17, 15) is 9.59 Å². The lowest BCUT2D eigenvalue weighted by atomic mass is 9.95. The lowest BCUT2D eigenvalue weighted by Gasteiger charge is -2.32. The third-order valence-corrected chi connectivity index (χ3v) is 5.24. The normalized spacial score (nSPS) is 20.1. The van der Waals surface area contributed by atoms with Gasteiger partial charge in [0, 0.05) is 25.5 Å². The van der Waals surface area contributed by atoms with Gasteiger partial charge in [0.25, 0.3) is 11.5 Å². The van der Waals surface area contributed by atoms with Gasteiger partial charge in [-0.2, -0.15) is 0 Å². The Morgan fingerprint density at radius 2 is 2.15 bits per heavy atom. The van der Waals surface area contributed by atoms with Crippen LogP contribution in [0.25, 0.3) is 0 Å². The summed E-state index contributed by atoms with van der Waals surface area (Å²) in [5.41, 5.74) is 2.96. The third-order valence-electron chi connectivity index (χ3n) is 5.24. The Labute approximate surface area is 152 Å². The van der Waals surface area contributed by atoms with Gasteiger partial charge in [0.05, 0.1) is 18.8 Å². The number of rotatable bonds is 2. The molecule has 1 aliphatic carbocycles. The molecule has 2 aromatic heterocycles. The Bertz CT molecular complexity index is 899. The molecule has 0 bridgehead atoms.